The second-order valence-electron chi connectivity index (χ2n) is 14.2. The summed E-state index contributed by atoms with van der Waals surface area (Å²) in [4.78, 5) is 38.6. The zero-order valence-corrected chi connectivity index (χ0v) is 33.7. The van der Waals surface area contributed by atoms with Gasteiger partial charge < -0.3 is 29.7 Å². The summed E-state index contributed by atoms with van der Waals surface area (Å²) in [6.07, 6.45) is 10.7. The number of rotatable bonds is 12. The first-order valence-corrected chi connectivity index (χ1v) is 19.2. The number of aromatic nitrogens is 3. The van der Waals surface area contributed by atoms with Crippen molar-refractivity contribution in [2.75, 3.05) is 45.9 Å². The molecule has 0 saturated carbocycles. The topological polar surface area (TPSA) is 173 Å². The predicted octanol–water partition coefficient (Wildman–Crippen LogP) is 6.03. The lowest BCUT2D eigenvalue weighted by Crippen LogP contribution is -2.54. The molecule has 17 heteroatoms. The molecular formula is C42H49ClF3N7O6. The van der Waals surface area contributed by atoms with Crippen LogP contribution in [0.4, 0.5) is 13.2 Å². The maximum Gasteiger partial charge on any atom is 0.405 e. The number of aryl methyl sites for hydroxylation is 1. The predicted molar refractivity (Wildman–Crippen MR) is 217 cm³/mol. The van der Waals surface area contributed by atoms with Crippen LogP contribution in [0.15, 0.2) is 82.2 Å². The summed E-state index contributed by atoms with van der Waals surface area (Å²) in [5.74, 6) is 2.03. The number of oxazole rings is 1. The third-order valence-corrected chi connectivity index (χ3v) is 9.90. The molecule has 1 fully saturated rings. The van der Waals surface area contributed by atoms with Gasteiger partial charge in [-0.05, 0) is 69.0 Å². The number of β-amino-alcohol motifs (C(OH)–C–C–N with tert-alkyl or cyclic N) is 1. The fraction of sp³-hybridized carbons (Fsp3) is 0.405. The Morgan fingerprint density at radius 3 is 2.39 bits per heavy atom. The number of amides is 2. The van der Waals surface area contributed by atoms with Crippen molar-refractivity contribution >= 4 is 35.0 Å². The number of carbonyl (C=O) groups is 2. The molecule has 7 rings (SSSR count). The van der Waals surface area contributed by atoms with Gasteiger partial charge in [-0.25, -0.2) is 15.0 Å². The van der Waals surface area contributed by atoms with Gasteiger partial charge >= 0.3 is 6.18 Å². The number of fused-ring (bicyclic) bond motifs is 2. The number of terminal acetylenes is 1. The summed E-state index contributed by atoms with van der Waals surface area (Å²) in [5, 5.41) is 13.0. The molecule has 2 aliphatic heterocycles. The largest absolute Gasteiger partial charge is 0.493 e. The minimum absolute atomic E-state index is 0.00743. The Labute approximate surface area is 346 Å². The number of aliphatic hydroxyl groups is 1. The maximum atomic E-state index is 12.1. The highest BCUT2D eigenvalue weighted by Crippen LogP contribution is 2.32. The number of furan rings is 1. The van der Waals surface area contributed by atoms with Crippen molar-refractivity contribution in [2.24, 2.45) is 11.7 Å². The lowest BCUT2D eigenvalue weighted by molar-refractivity contribution is -0.132. The number of piperazine rings is 1. The molecule has 5 aromatic rings. The second-order valence-corrected chi connectivity index (χ2v) is 14.7. The number of nitrogens with zero attached hydrogens (tertiary/aromatic N) is 5. The van der Waals surface area contributed by atoms with E-state index in [0.717, 1.165) is 50.5 Å². The van der Waals surface area contributed by atoms with Gasteiger partial charge in [-0.2, -0.15) is 13.2 Å². The minimum Gasteiger partial charge on any atom is -0.493 e. The molecule has 2 aromatic carbocycles. The molecule has 4 N–H and O–H groups in total. The van der Waals surface area contributed by atoms with E-state index in [2.05, 4.69) is 63.6 Å². The first-order chi connectivity index (χ1) is 28.2. The van der Waals surface area contributed by atoms with Crippen molar-refractivity contribution in [3.05, 3.63) is 95.6 Å². The Hall–Kier alpha value is -5.47. The number of halogens is 4. The molecule has 0 aliphatic carbocycles. The van der Waals surface area contributed by atoms with Crippen LogP contribution in [0.1, 0.15) is 43.9 Å². The monoisotopic (exact) mass is 839 g/mol. The molecule has 0 unspecified atom stereocenters. The van der Waals surface area contributed by atoms with Crippen LogP contribution in [0, 0.1) is 18.8 Å². The van der Waals surface area contributed by atoms with Gasteiger partial charge in [-0.1, -0.05) is 29.8 Å². The number of para-hydroxylation sites is 1. The van der Waals surface area contributed by atoms with Gasteiger partial charge in [0.2, 0.25) is 18.2 Å². The molecule has 2 aliphatic rings. The summed E-state index contributed by atoms with van der Waals surface area (Å²) in [7, 11) is 0. The summed E-state index contributed by atoms with van der Waals surface area (Å²) < 4.78 is 50.4. The quantitative estimate of drug-likeness (QED) is 0.0989. The van der Waals surface area contributed by atoms with Gasteiger partial charge in [0.1, 0.15) is 29.9 Å². The Morgan fingerprint density at radius 1 is 1.05 bits per heavy atom. The number of ether oxygens (including phenoxy) is 1. The summed E-state index contributed by atoms with van der Waals surface area (Å²) in [5.41, 5.74) is 8.78. The van der Waals surface area contributed by atoms with Crippen LogP contribution in [0.5, 0.6) is 5.75 Å². The second kappa shape index (κ2) is 22.1. The minimum atomic E-state index is -4.29. The molecule has 5 heterocycles. The SMILES string of the molecule is C#C.CC(C)(c1ncc(-c2ccc(Cl)cc2)o1)N1CCN(C[C@@H](O)C[C@@H](Cc2cc3ncncc3o2)C(N)=O)CC1.O=CNCC(F)(F)F.c1ccc2c(c1)CCCO2. The molecule has 2 atom stereocenters. The zero-order valence-electron chi connectivity index (χ0n) is 32.9. The Bertz CT molecular complexity index is 2020. The fourth-order valence-corrected chi connectivity index (χ4v) is 6.69. The van der Waals surface area contributed by atoms with Gasteiger partial charge in [-0.15, -0.1) is 12.8 Å². The van der Waals surface area contributed by atoms with Crippen molar-refractivity contribution < 1.29 is 41.4 Å². The molecule has 13 nitrogen and oxygen atoms in total. The third-order valence-electron chi connectivity index (χ3n) is 9.65. The summed E-state index contributed by atoms with van der Waals surface area (Å²) in [6.45, 7) is 7.43. The smallest absolute Gasteiger partial charge is 0.405 e. The molecule has 0 spiro atoms. The van der Waals surface area contributed by atoms with E-state index in [-0.39, 0.29) is 12.8 Å². The molecule has 59 heavy (non-hydrogen) atoms. The van der Waals surface area contributed by atoms with Crippen molar-refractivity contribution in [3.63, 3.8) is 0 Å². The van der Waals surface area contributed by atoms with E-state index >= 15 is 0 Å². The van der Waals surface area contributed by atoms with Crippen LogP contribution in [0.2, 0.25) is 5.02 Å². The number of carbonyl (C=O) groups excluding carboxylic acids is 2. The lowest BCUT2D eigenvalue weighted by atomic mass is 9.95. The van der Waals surface area contributed by atoms with Crippen molar-refractivity contribution in [3.8, 4) is 29.9 Å². The molecule has 2 amide bonds. The number of hydrogen-bond donors (Lipinski definition) is 3. The van der Waals surface area contributed by atoms with Crippen LogP contribution in [0.3, 0.4) is 0 Å². The first kappa shape index (κ1) is 46.2. The highest BCUT2D eigenvalue weighted by Gasteiger charge is 2.36. The van der Waals surface area contributed by atoms with Gasteiger partial charge in [0.25, 0.3) is 0 Å². The van der Waals surface area contributed by atoms with Crippen molar-refractivity contribution in [1.82, 2.24) is 30.1 Å². The van der Waals surface area contributed by atoms with Crippen LogP contribution in [-0.2, 0) is 28.0 Å². The van der Waals surface area contributed by atoms with Crippen molar-refractivity contribution in [1.29, 1.82) is 0 Å². The average molecular weight is 840 g/mol. The van der Waals surface area contributed by atoms with E-state index in [9.17, 15) is 27.9 Å². The van der Waals surface area contributed by atoms with E-state index < -0.39 is 36.2 Å². The third kappa shape index (κ3) is 14.1. The first-order valence-electron chi connectivity index (χ1n) is 18.8. The number of alkyl halides is 3. The van der Waals surface area contributed by atoms with Crippen LogP contribution in [0.25, 0.3) is 22.4 Å². The van der Waals surface area contributed by atoms with Crippen LogP contribution in [-0.4, -0.2) is 100 Å². The van der Waals surface area contributed by atoms with Crippen LogP contribution >= 0.6 is 11.6 Å². The van der Waals surface area contributed by atoms with Crippen molar-refractivity contribution in [2.45, 2.75) is 57.3 Å². The van der Waals surface area contributed by atoms with Gasteiger partial charge in [0.05, 0.1) is 30.6 Å². The highest BCUT2D eigenvalue weighted by molar-refractivity contribution is 6.30. The molecule has 3 aromatic heterocycles. The maximum absolute atomic E-state index is 12.1. The van der Waals surface area contributed by atoms with E-state index in [1.54, 1.807) is 18.5 Å². The molecule has 0 bridgehead atoms. The van der Waals surface area contributed by atoms with E-state index in [1.165, 1.54) is 23.6 Å². The summed E-state index contributed by atoms with van der Waals surface area (Å²) in [6, 6.07) is 17.5. The van der Waals surface area contributed by atoms with E-state index in [1.807, 2.05) is 36.4 Å². The van der Waals surface area contributed by atoms with E-state index in [0.29, 0.717) is 46.5 Å². The number of hydrogen-bond acceptors (Lipinski definition) is 11. The molecule has 0 radical (unpaired) electrons. The average Bonchev–Trinajstić information content (AvgIpc) is 3.90. The number of benzene rings is 2. The van der Waals surface area contributed by atoms with E-state index in [4.69, 9.17) is 30.9 Å². The Morgan fingerprint density at radius 2 is 1.76 bits per heavy atom. The number of nitrogens with two attached hydrogens (primary N) is 1. The normalized spacial score (nSPS) is 15.3. The van der Waals surface area contributed by atoms with Gasteiger partial charge in [0, 0.05) is 61.7 Å². The van der Waals surface area contributed by atoms with Gasteiger partial charge in [0.15, 0.2) is 11.3 Å². The molecule has 316 valence electrons. The number of primary amides is 1. The fourth-order valence-electron chi connectivity index (χ4n) is 6.56. The Kier molecular flexibility index (Phi) is 17.3. The summed E-state index contributed by atoms with van der Waals surface area (Å²) >= 11 is 6.01. The number of aliphatic hydroxyl groups excluding tert-OH is 1. The lowest BCUT2D eigenvalue weighted by Gasteiger charge is -2.42. The molecule has 1 saturated heterocycles. The van der Waals surface area contributed by atoms with Crippen LogP contribution < -0.4 is 15.8 Å². The Balaban J connectivity index is 0.000000314. The standard InChI is InChI=1S/C28H33ClN6O4.C9H10O.C3H4F3NO.C2H2/c1-28(2,27-32-15-24(39-27)18-3-5-20(29)6-4-18)35-9-7-34(8-10-35)16-21(36)11-19(26(30)37)12-22-13-23-25(38-22)14-31-17-33-23;1-2-6-9-8(4-1)5-3-7-10-9;4-3(5,6)1-7-2-8;1-2/h3-6,13-15,17,19,21,36H,7-12,16H2,1-2H3,(H2,30,37);1-2,4,6H,3,5,7H2;2H,1H2,(H,7,8);1-2H/t19-,21-;;;/m0.../s1. The number of nitrogens with one attached hydrogen (secondary N) is 1. The highest BCUT2D eigenvalue weighted by atomic mass is 35.5. The van der Waals surface area contributed by atoms with Gasteiger partial charge in [-0.3, -0.25) is 19.4 Å². The molecular weight excluding hydrogens is 791 g/mol. The zero-order chi connectivity index (χ0) is 43.0.